The van der Waals surface area contributed by atoms with E-state index in [1.807, 2.05) is 0 Å². The highest BCUT2D eigenvalue weighted by Gasteiger charge is 2.69. The third-order valence-corrected chi connectivity index (χ3v) is 5.84. The average Bonchev–Trinajstić information content (AvgIpc) is 3.19. The number of carbonyl (C=O) groups is 2. The highest BCUT2D eigenvalue weighted by molar-refractivity contribution is 6.08. The lowest BCUT2D eigenvalue weighted by molar-refractivity contribution is -0.328. The fraction of sp³-hybridized carbons (Fsp3) is 0.400. The molecule has 2 aromatic rings. The average molecular weight is 402 g/mol. The minimum Gasteiger partial charge on any atom is -0.493 e. The molecule has 0 bridgehead atoms. The lowest BCUT2D eigenvalue weighted by Gasteiger charge is -2.49. The number of aliphatic hydroxyl groups is 2. The van der Waals surface area contributed by atoms with E-state index in [4.69, 9.17) is 23.4 Å². The molecule has 9 nitrogen and oxygen atoms in total. The first-order valence-electron chi connectivity index (χ1n) is 8.99. The standard InChI is InChI=1S/C20H18O9/c1-8-14-9(7-27-8)6-19(26-3)20(24,18(14)23)29-17-15-10(11(21)5-12(15)22)4-13(25-2)16(17)28-19/h4,7,11,21,24H,5-6H2,1-3H3/t11-,19+,20+/m1/s1. The fourth-order valence-electron chi connectivity index (χ4n) is 4.37. The number of hydrogen-bond acceptors (Lipinski definition) is 9. The highest BCUT2D eigenvalue weighted by atomic mass is 16.8. The van der Waals surface area contributed by atoms with Gasteiger partial charge in [0.25, 0.3) is 5.79 Å². The van der Waals surface area contributed by atoms with Crippen molar-refractivity contribution in [2.24, 2.45) is 0 Å². The molecule has 3 aliphatic rings. The number of aryl methyl sites for hydroxylation is 1. The maximum Gasteiger partial charge on any atom is 0.340 e. The molecule has 0 saturated heterocycles. The zero-order chi connectivity index (χ0) is 20.7. The second-order valence-corrected chi connectivity index (χ2v) is 7.35. The van der Waals surface area contributed by atoms with Gasteiger partial charge >= 0.3 is 5.79 Å². The number of Topliss-reactive ketones (excluding diaryl/α,β-unsaturated/α-hetero) is 2. The molecule has 2 heterocycles. The van der Waals surface area contributed by atoms with Crippen LogP contribution in [-0.4, -0.2) is 47.6 Å². The fourth-order valence-corrected chi connectivity index (χ4v) is 4.37. The van der Waals surface area contributed by atoms with Crippen LogP contribution in [0.3, 0.4) is 0 Å². The third kappa shape index (κ3) is 2.04. The summed E-state index contributed by atoms with van der Waals surface area (Å²) in [5.74, 6) is -5.36. The van der Waals surface area contributed by atoms with Crippen LogP contribution in [0.1, 0.15) is 50.1 Å². The van der Waals surface area contributed by atoms with Gasteiger partial charge in [0.2, 0.25) is 11.5 Å². The summed E-state index contributed by atoms with van der Waals surface area (Å²) in [5.41, 5.74) is 1.01. The summed E-state index contributed by atoms with van der Waals surface area (Å²) < 4.78 is 28.0. The van der Waals surface area contributed by atoms with Gasteiger partial charge in [0, 0.05) is 25.5 Å². The topological polar surface area (TPSA) is 125 Å². The van der Waals surface area contributed by atoms with E-state index in [0.29, 0.717) is 11.3 Å². The van der Waals surface area contributed by atoms with Gasteiger partial charge in [-0.1, -0.05) is 0 Å². The van der Waals surface area contributed by atoms with Gasteiger partial charge in [-0.3, -0.25) is 9.59 Å². The van der Waals surface area contributed by atoms with Crippen LogP contribution in [0.5, 0.6) is 17.2 Å². The summed E-state index contributed by atoms with van der Waals surface area (Å²) in [6.45, 7) is 1.60. The van der Waals surface area contributed by atoms with Gasteiger partial charge in [-0.2, -0.15) is 0 Å². The Balaban J connectivity index is 1.77. The van der Waals surface area contributed by atoms with Gasteiger partial charge in [-0.05, 0) is 18.6 Å². The van der Waals surface area contributed by atoms with E-state index >= 15 is 0 Å². The molecule has 0 fully saturated rings. The molecule has 0 unspecified atom stereocenters. The Morgan fingerprint density at radius 1 is 1.17 bits per heavy atom. The zero-order valence-corrected chi connectivity index (χ0v) is 15.9. The summed E-state index contributed by atoms with van der Waals surface area (Å²) in [5, 5.41) is 21.6. The molecule has 0 amide bonds. The molecular formula is C20H18O9. The van der Waals surface area contributed by atoms with Crippen LogP contribution in [0.4, 0.5) is 0 Å². The van der Waals surface area contributed by atoms with Gasteiger partial charge in [0.05, 0.1) is 30.6 Å². The quantitative estimate of drug-likeness (QED) is 0.768. The molecule has 152 valence electrons. The maximum absolute atomic E-state index is 13.3. The number of rotatable bonds is 2. The summed E-state index contributed by atoms with van der Waals surface area (Å²) in [7, 11) is 2.66. The van der Waals surface area contributed by atoms with Crippen LogP contribution in [0.25, 0.3) is 0 Å². The number of carbonyl (C=O) groups excluding carboxylic acids is 2. The van der Waals surface area contributed by atoms with Crippen molar-refractivity contribution < 1.29 is 43.2 Å². The lowest BCUT2D eigenvalue weighted by Crippen LogP contribution is -2.71. The number of ketones is 2. The van der Waals surface area contributed by atoms with Gasteiger partial charge in [-0.15, -0.1) is 0 Å². The van der Waals surface area contributed by atoms with Crippen molar-refractivity contribution in [1.82, 2.24) is 0 Å². The van der Waals surface area contributed by atoms with Crippen molar-refractivity contribution in [2.75, 3.05) is 14.2 Å². The zero-order valence-electron chi connectivity index (χ0n) is 15.9. The molecule has 1 aromatic carbocycles. The molecule has 5 rings (SSSR count). The molecule has 0 saturated carbocycles. The molecule has 2 aliphatic carbocycles. The normalized spacial score (nSPS) is 29.3. The monoisotopic (exact) mass is 402 g/mol. The highest BCUT2D eigenvalue weighted by Crippen LogP contribution is 2.56. The summed E-state index contributed by atoms with van der Waals surface area (Å²) in [6, 6.07) is 1.49. The Kier molecular flexibility index (Phi) is 3.50. The first kappa shape index (κ1) is 18.2. The Morgan fingerprint density at radius 3 is 2.62 bits per heavy atom. The molecule has 29 heavy (non-hydrogen) atoms. The molecule has 2 N–H and O–H groups in total. The number of ether oxygens (including phenoxy) is 4. The van der Waals surface area contributed by atoms with Gasteiger partial charge in [0.1, 0.15) is 5.76 Å². The largest absolute Gasteiger partial charge is 0.493 e. The molecule has 0 spiro atoms. The summed E-state index contributed by atoms with van der Waals surface area (Å²) in [6.07, 6.45) is 0.162. The first-order chi connectivity index (χ1) is 13.8. The Labute approximate surface area is 164 Å². The predicted molar refractivity (Wildman–Crippen MR) is 94.3 cm³/mol. The van der Waals surface area contributed by atoms with Crippen molar-refractivity contribution in [3.05, 3.63) is 40.3 Å². The van der Waals surface area contributed by atoms with Crippen molar-refractivity contribution in [3.8, 4) is 17.2 Å². The van der Waals surface area contributed by atoms with E-state index in [0.717, 1.165) is 0 Å². The van der Waals surface area contributed by atoms with E-state index in [2.05, 4.69) is 0 Å². The predicted octanol–water partition coefficient (Wildman–Crippen LogP) is 1.46. The van der Waals surface area contributed by atoms with Crippen LogP contribution >= 0.6 is 0 Å². The second kappa shape index (κ2) is 5.59. The van der Waals surface area contributed by atoms with Crippen LogP contribution < -0.4 is 14.2 Å². The second-order valence-electron chi connectivity index (χ2n) is 7.35. The van der Waals surface area contributed by atoms with E-state index in [9.17, 15) is 19.8 Å². The first-order valence-corrected chi connectivity index (χ1v) is 8.99. The van der Waals surface area contributed by atoms with Gasteiger partial charge in [-0.25, -0.2) is 0 Å². The number of furan rings is 1. The Bertz CT molecular complexity index is 1080. The molecule has 0 radical (unpaired) electrons. The van der Waals surface area contributed by atoms with E-state index < -0.39 is 29.2 Å². The van der Waals surface area contributed by atoms with Crippen molar-refractivity contribution in [2.45, 2.75) is 37.4 Å². The van der Waals surface area contributed by atoms with E-state index in [-0.39, 0.29) is 46.8 Å². The van der Waals surface area contributed by atoms with E-state index in [1.54, 1.807) is 6.92 Å². The van der Waals surface area contributed by atoms with Crippen molar-refractivity contribution >= 4 is 11.6 Å². The number of aliphatic hydroxyl groups excluding tert-OH is 1. The molecule has 1 aromatic heterocycles. The summed E-state index contributed by atoms with van der Waals surface area (Å²) in [4.78, 5) is 25.8. The summed E-state index contributed by atoms with van der Waals surface area (Å²) >= 11 is 0. The third-order valence-electron chi connectivity index (χ3n) is 5.84. The van der Waals surface area contributed by atoms with Crippen LogP contribution in [-0.2, 0) is 11.2 Å². The number of hydrogen-bond donors (Lipinski definition) is 2. The smallest absolute Gasteiger partial charge is 0.340 e. The lowest BCUT2D eigenvalue weighted by atomic mass is 9.81. The minimum atomic E-state index is -2.58. The minimum absolute atomic E-state index is 0.0108. The van der Waals surface area contributed by atoms with Crippen LogP contribution in [0.15, 0.2) is 16.7 Å². The molecule has 1 aliphatic heterocycles. The number of methoxy groups -OCH3 is 2. The van der Waals surface area contributed by atoms with Crippen LogP contribution in [0.2, 0.25) is 0 Å². The number of benzene rings is 1. The molecular weight excluding hydrogens is 384 g/mol. The number of fused-ring (bicyclic) bond motifs is 5. The molecule has 3 atom stereocenters. The van der Waals surface area contributed by atoms with Gasteiger partial charge in [0.15, 0.2) is 17.3 Å². The molecule has 9 heteroatoms. The maximum atomic E-state index is 13.3. The van der Waals surface area contributed by atoms with Crippen LogP contribution in [0, 0.1) is 6.92 Å². The SMILES string of the molecule is COc1cc2c(c3c1O[C@@]1(OC)Cc4coc(C)c4C(=O)[C@]1(O)O3)C(=O)C[C@H]2O. The van der Waals surface area contributed by atoms with Crippen molar-refractivity contribution in [3.63, 3.8) is 0 Å². The Hall–Kier alpha value is -2.88. The Morgan fingerprint density at radius 2 is 1.93 bits per heavy atom. The van der Waals surface area contributed by atoms with E-state index in [1.165, 1.54) is 26.5 Å². The van der Waals surface area contributed by atoms with Crippen molar-refractivity contribution in [1.29, 1.82) is 0 Å². The van der Waals surface area contributed by atoms with Gasteiger partial charge < -0.3 is 33.6 Å².